The Morgan fingerprint density at radius 2 is 2.40 bits per heavy atom. The molecule has 20 heavy (non-hydrogen) atoms. The Kier molecular flexibility index (Phi) is 3.67. The van der Waals surface area contributed by atoms with Crippen molar-refractivity contribution < 1.29 is 9.53 Å². The number of alkyl carbamates (subject to hydrolysis) is 1. The van der Waals surface area contributed by atoms with Crippen molar-refractivity contribution >= 4 is 17.5 Å². The fraction of sp³-hybridized carbons (Fsp3) is 0.533. The summed E-state index contributed by atoms with van der Waals surface area (Å²) in [4.78, 5) is 13.6. The van der Waals surface area contributed by atoms with Crippen molar-refractivity contribution in [1.29, 1.82) is 0 Å². The number of hydrogen-bond donors (Lipinski definition) is 2. The third-order valence-electron chi connectivity index (χ3n) is 4.09. The number of ether oxygens (including phenoxy) is 1. The predicted molar refractivity (Wildman–Crippen MR) is 79.4 cm³/mol. The molecule has 1 aromatic carbocycles. The standard InChI is InChI=1S/C15H21N3O2/c1-20-15(19)17-12-7-9-18(10-12)13-6-2-4-11-5-3-8-16-14(11)13/h2,4,6,12,16H,3,5,7-10H2,1H3,(H,17,19). The highest BCUT2D eigenvalue weighted by Crippen LogP contribution is 2.34. The molecular weight excluding hydrogens is 254 g/mol. The molecule has 1 amide bonds. The number of carbonyl (C=O) groups excluding carboxylic acids is 1. The van der Waals surface area contributed by atoms with Gasteiger partial charge in [-0.15, -0.1) is 0 Å². The number of nitrogens with zero attached hydrogens (tertiary/aromatic N) is 1. The van der Waals surface area contributed by atoms with E-state index < -0.39 is 0 Å². The maximum absolute atomic E-state index is 11.3. The maximum atomic E-state index is 11.3. The summed E-state index contributed by atoms with van der Waals surface area (Å²) in [5, 5.41) is 6.41. The van der Waals surface area contributed by atoms with E-state index in [-0.39, 0.29) is 12.1 Å². The molecule has 0 spiro atoms. The highest BCUT2D eigenvalue weighted by atomic mass is 16.5. The molecule has 2 aliphatic heterocycles. The van der Waals surface area contributed by atoms with E-state index in [4.69, 9.17) is 0 Å². The van der Waals surface area contributed by atoms with Crippen LogP contribution in [0.5, 0.6) is 0 Å². The summed E-state index contributed by atoms with van der Waals surface area (Å²) in [6.07, 6.45) is 2.96. The van der Waals surface area contributed by atoms with E-state index in [1.807, 2.05) is 0 Å². The summed E-state index contributed by atoms with van der Waals surface area (Å²) in [7, 11) is 1.40. The molecule has 5 heteroatoms. The van der Waals surface area contributed by atoms with Gasteiger partial charge < -0.3 is 20.3 Å². The molecular formula is C15H21N3O2. The number of para-hydroxylation sites is 1. The Hall–Kier alpha value is -1.91. The number of benzene rings is 1. The van der Waals surface area contributed by atoms with Gasteiger partial charge in [-0.25, -0.2) is 4.79 Å². The Balaban J connectivity index is 1.73. The van der Waals surface area contributed by atoms with Crippen LogP contribution in [0.4, 0.5) is 16.2 Å². The SMILES string of the molecule is COC(=O)NC1CCN(c2cccc3c2NCCC3)C1. The lowest BCUT2D eigenvalue weighted by Gasteiger charge is -2.27. The van der Waals surface area contributed by atoms with Crippen molar-refractivity contribution in [1.82, 2.24) is 5.32 Å². The summed E-state index contributed by atoms with van der Waals surface area (Å²) in [5.74, 6) is 0. The van der Waals surface area contributed by atoms with Crippen LogP contribution >= 0.6 is 0 Å². The average molecular weight is 275 g/mol. The lowest BCUT2D eigenvalue weighted by Crippen LogP contribution is -2.37. The number of fused-ring (bicyclic) bond motifs is 1. The second-order valence-electron chi connectivity index (χ2n) is 5.41. The van der Waals surface area contributed by atoms with E-state index in [0.717, 1.165) is 32.5 Å². The van der Waals surface area contributed by atoms with Gasteiger partial charge in [-0.05, 0) is 30.9 Å². The molecule has 1 atom stereocenters. The molecule has 5 nitrogen and oxygen atoms in total. The quantitative estimate of drug-likeness (QED) is 0.866. The Morgan fingerprint density at radius 1 is 1.50 bits per heavy atom. The van der Waals surface area contributed by atoms with Crippen molar-refractivity contribution in [2.24, 2.45) is 0 Å². The summed E-state index contributed by atoms with van der Waals surface area (Å²) in [6, 6.07) is 6.66. The molecule has 1 saturated heterocycles. The van der Waals surface area contributed by atoms with Crippen LogP contribution in [0.3, 0.4) is 0 Å². The molecule has 108 valence electrons. The zero-order valence-corrected chi connectivity index (χ0v) is 11.8. The van der Waals surface area contributed by atoms with Gasteiger partial charge in [0.25, 0.3) is 0 Å². The second kappa shape index (κ2) is 5.61. The number of aryl methyl sites for hydroxylation is 1. The summed E-state index contributed by atoms with van der Waals surface area (Å²) in [6.45, 7) is 2.85. The number of hydrogen-bond acceptors (Lipinski definition) is 4. The van der Waals surface area contributed by atoms with Crippen LogP contribution in [-0.2, 0) is 11.2 Å². The van der Waals surface area contributed by atoms with Gasteiger partial charge in [-0.3, -0.25) is 0 Å². The first-order valence-electron chi connectivity index (χ1n) is 7.23. The van der Waals surface area contributed by atoms with Gasteiger partial charge in [0, 0.05) is 19.6 Å². The molecule has 0 aliphatic carbocycles. The lowest BCUT2D eigenvalue weighted by molar-refractivity contribution is 0.167. The topological polar surface area (TPSA) is 53.6 Å². The minimum atomic E-state index is -0.343. The van der Waals surface area contributed by atoms with Gasteiger partial charge in [0.1, 0.15) is 0 Å². The largest absolute Gasteiger partial charge is 0.453 e. The number of carbonyl (C=O) groups is 1. The number of nitrogens with one attached hydrogen (secondary N) is 2. The number of methoxy groups -OCH3 is 1. The van der Waals surface area contributed by atoms with E-state index in [1.54, 1.807) is 0 Å². The van der Waals surface area contributed by atoms with Crippen molar-refractivity contribution in [2.75, 3.05) is 37.0 Å². The molecule has 2 aliphatic rings. The van der Waals surface area contributed by atoms with Crippen LogP contribution < -0.4 is 15.5 Å². The number of anilines is 2. The zero-order valence-electron chi connectivity index (χ0n) is 11.8. The average Bonchev–Trinajstić information content (AvgIpc) is 2.94. The van der Waals surface area contributed by atoms with Gasteiger partial charge in [0.2, 0.25) is 0 Å². The zero-order chi connectivity index (χ0) is 13.9. The summed E-state index contributed by atoms with van der Waals surface area (Å²) in [5.41, 5.74) is 3.94. The van der Waals surface area contributed by atoms with Crippen molar-refractivity contribution in [3.05, 3.63) is 23.8 Å². The highest BCUT2D eigenvalue weighted by molar-refractivity contribution is 5.75. The summed E-state index contributed by atoms with van der Waals surface area (Å²) >= 11 is 0. The van der Waals surface area contributed by atoms with E-state index in [0.29, 0.717) is 0 Å². The fourth-order valence-corrected chi connectivity index (χ4v) is 3.08. The van der Waals surface area contributed by atoms with Crippen LogP contribution in [0, 0.1) is 0 Å². The van der Waals surface area contributed by atoms with Crippen LogP contribution in [0.1, 0.15) is 18.4 Å². The van der Waals surface area contributed by atoms with Crippen molar-refractivity contribution in [3.63, 3.8) is 0 Å². The third kappa shape index (κ3) is 2.53. The molecule has 1 aromatic rings. The smallest absolute Gasteiger partial charge is 0.407 e. The molecule has 0 saturated carbocycles. The van der Waals surface area contributed by atoms with Crippen molar-refractivity contribution in [3.8, 4) is 0 Å². The first-order chi connectivity index (χ1) is 9.78. The first kappa shape index (κ1) is 13.1. The van der Waals surface area contributed by atoms with Gasteiger partial charge >= 0.3 is 6.09 Å². The Bertz CT molecular complexity index is 504. The van der Waals surface area contributed by atoms with Gasteiger partial charge in [-0.1, -0.05) is 12.1 Å². The van der Waals surface area contributed by atoms with E-state index >= 15 is 0 Å². The normalized spacial score (nSPS) is 21.1. The Morgan fingerprint density at radius 3 is 3.25 bits per heavy atom. The molecule has 2 N–H and O–H groups in total. The highest BCUT2D eigenvalue weighted by Gasteiger charge is 2.26. The molecule has 2 heterocycles. The van der Waals surface area contributed by atoms with E-state index in [1.165, 1.54) is 30.5 Å². The minimum absolute atomic E-state index is 0.168. The second-order valence-corrected chi connectivity index (χ2v) is 5.41. The van der Waals surface area contributed by atoms with Gasteiger partial charge in [-0.2, -0.15) is 0 Å². The first-order valence-corrected chi connectivity index (χ1v) is 7.23. The number of amides is 1. The van der Waals surface area contributed by atoms with Crippen LogP contribution in [0.25, 0.3) is 0 Å². The van der Waals surface area contributed by atoms with Crippen LogP contribution in [-0.4, -0.2) is 38.9 Å². The molecule has 1 fully saturated rings. The molecule has 0 radical (unpaired) electrons. The van der Waals surface area contributed by atoms with Gasteiger partial charge in [0.15, 0.2) is 0 Å². The minimum Gasteiger partial charge on any atom is -0.453 e. The predicted octanol–water partition coefficient (Wildman–Crippen LogP) is 1.98. The molecule has 3 rings (SSSR count). The monoisotopic (exact) mass is 275 g/mol. The molecule has 0 aromatic heterocycles. The lowest BCUT2D eigenvalue weighted by atomic mass is 10.0. The van der Waals surface area contributed by atoms with Crippen molar-refractivity contribution in [2.45, 2.75) is 25.3 Å². The summed E-state index contributed by atoms with van der Waals surface area (Å²) < 4.78 is 4.66. The molecule has 1 unspecified atom stereocenters. The maximum Gasteiger partial charge on any atom is 0.407 e. The molecule has 0 bridgehead atoms. The van der Waals surface area contributed by atoms with Crippen LogP contribution in [0.15, 0.2) is 18.2 Å². The van der Waals surface area contributed by atoms with E-state index in [2.05, 4.69) is 38.5 Å². The Labute approximate surface area is 119 Å². The van der Waals surface area contributed by atoms with E-state index in [9.17, 15) is 4.79 Å². The van der Waals surface area contributed by atoms with Crippen LogP contribution in [0.2, 0.25) is 0 Å². The van der Waals surface area contributed by atoms with Gasteiger partial charge in [0.05, 0.1) is 24.5 Å². The third-order valence-corrected chi connectivity index (χ3v) is 4.09. The number of rotatable bonds is 2. The fourth-order valence-electron chi connectivity index (χ4n) is 3.08.